The van der Waals surface area contributed by atoms with E-state index in [-0.39, 0.29) is 29.5 Å². The highest BCUT2D eigenvalue weighted by atomic mass is 16.6. The molecule has 7 heteroatoms. The number of ketones is 1. The van der Waals surface area contributed by atoms with E-state index in [0.29, 0.717) is 41.1 Å². The van der Waals surface area contributed by atoms with Crippen LogP contribution >= 0.6 is 0 Å². The summed E-state index contributed by atoms with van der Waals surface area (Å²) < 4.78 is 18.4. The Labute approximate surface area is 224 Å². The molecule has 4 rings (SSSR count). The molecule has 7 nitrogen and oxygen atoms in total. The molecule has 0 amide bonds. The van der Waals surface area contributed by atoms with E-state index in [0.717, 1.165) is 6.42 Å². The van der Waals surface area contributed by atoms with E-state index in [1.54, 1.807) is 31.2 Å². The van der Waals surface area contributed by atoms with Crippen LogP contribution in [0.25, 0.3) is 0 Å². The van der Waals surface area contributed by atoms with Crippen LogP contribution in [0.15, 0.2) is 48.1 Å². The fraction of sp³-hybridized carbons (Fsp3) is 0.548. The molecule has 0 unspecified atom stereocenters. The first-order valence-corrected chi connectivity index (χ1v) is 13.3. The van der Waals surface area contributed by atoms with Crippen LogP contribution in [0.4, 0.5) is 0 Å². The van der Waals surface area contributed by atoms with Crippen LogP contribution in [0, 0.1) is 29.1 Å². The Morgan fingerprint density at radius 1 is 1.13 bits per heavy atom. The molecule has 0 radical (unpaired) electrons. The molecule has 3 aliphatic carbocycles. The third-order valence-corrected chi connectivity index (χ3v) is 8.82. The molecule has 0 spiro atoms. The van der Waals surface area contributed by atoms with E-state index in [9.17, 15) is 19.2 Å². The van der Waals surface area contributed by atoms with Crippen LogP contribution in [0.2, 0.25) is 0 Å². The monoisotopic (exact) mass is 522 g/mol. The SMILES string of the molecule is C=C1CC[C@@H]2[C@@H](C=C(C)C(=O)[C@]3(OC(C)=O)C[C@@H](C)[C@H](Oc4ccccc4C=O)[C@@H]3[C@H]1OC(C)=O)C2(C)C. The molecule has 3 aliphatic rings. The number of carbonyl (C=O) groups is 4. The predicted octanol–water partition coefficient (Wildman–Crippen LogP) is 5.27. The van der Waals surface area contributed by atoms with Gasteiger partial charge in [0.25, 0.3) is 0 Å². The summed E-state index contributed by atoms with van der Waals surface area (Å²) in [6.45, 7) is 15.0. The number of allylic oxidation sites excluding steroid dienone is 1. The number of rotatable bonds is 5. The highest BCUT2D eigenvalue weighted by Crippen LogP contribution is 2.62. The van der Waals surface area contributed by atoms with Gasteiger partial charge in [0.1, 0.15) is 18.0 Å². The number of fused-ring (bicyclic) bond motifs is 2. The van der Waals surface area contributed by atoms with E-state index in [4.69, 9.17) is 14.2 Å². The predicted molar refractivity (Wildman–Crippen MR) is 141 cm³/mol. The molecule has 0 aromatic heterocycles. The average Bonchev–Trinajstić information content (AvgIpc) is 3.24. The lowest BCUT2D eigenvalue weighted by molar-refractivity contribution is -0.178. The number of hydrogen-bond donors (Lipinski definition) is 0. The third-order valence-electron chi connectivity index (χ3n) is 8.82. The second kappa shape index (κ2) is 10.2. The number of Topliss-reactive ketones (excluding diaryl/α,β-unsaturated/α-hetero) is 1. The number of ether oxygens (including phenoxy) is 3. The fourth-order valence-electron chi connectivity index (χ4n) is 6.86. The zero-order valence-electron chi connectivity index (χ0n) is 23.1. The summed E-state index contributed by atoms with van der Waals surface area (Å²) >= 11 is 0. The van der Waals surface area contributed by atoms with Gasteiger partial charge in [0.2, 0.25) is 5.78 Å². The fourth-order valence-corrected chi connectivity index (χ4v) is 6.86. The standard InChI is InChI=1S/C31H38O7/c1-17-12-13-23-24(30(23,6)7)14-18(2)29(35)31(38-21(5)34)15-19(3)28(26(31)27(17)36-20(4)33)37-25-11-9-8-10-22(25)16-32/h8-11,14,16,19,23-24,26-28H,1,12-13,15H2,2-7H3/t19-,23-,24-,26+,27+,28+,31+/m1/s1. The minimum absolute atomic E-state index is 0.0269. The van der Waals surface area contributed by atoms with E-state index in [1.807, 2.05) is 13.0 Å². The summed E-state index contributed by atoms with van der Waals surface area (Å²) in [6.07, 6.45) is 2.68. The Morgan fingerprint density at radius 3 is 2.45 bits per heavy atom. The van der Waals surface area contributed by atoms with Gasteiger partial charge in [0, 0.05) is 20.3 Å². The molecule has 0 aliphatic heterocycles. The van der Waals surface area contributed by atoms with E-state index in [1.165, 1.54) is 13.8 Å². The quantitative estimate of drug-likeness (QED) is 0.295. The van der Waals surface area contributed by atoms with E-state index < -0.39 is 35.7 Å². The second-order valence-corrected chi connectivity index (χ2v) is 11.8. The van der Waals surface area contributed by atoms with Crippen LogP contribution in [-0.4, -0.2) is 41.8 Å². The van der Waals surface area contributed by atoms with Crippen molar-refractivity contribution in [3.63, 3.8) is 0 Å². The van der Waals surface area contributed by atoms with Gasteiger partial charge in [-0.3, -0.25) is 19.2 Å². The molecule has 0 bridgehead atoms. The summed E-state index contributed by atoms with van der Waals surface area (Å²) in [7, 11) is 0. The first kappa shape index (κ1) is 27.8. The molecular formula is C31H38O7. The van der Waals surface area contributed by atoms with E-state index >= 15 is 0 Å². The third kappa shape index (κ3) is 4.83. The molecule has 2 saturated carbocycles. The van der Waals surface area contributed by atoms with Gasteiger partial charge >= 0.3 is 11.9 Å². The van der Waals surface area contributed by atoms with Gasteiger partial charge in [-0.05, 0) is 66.2 Å². The summed E-state index contributed by atoms with van der Waals surface area (Å²) in [6, 6.07) is 6.82. The van der Waals surface area contributed by atoms with Gasteiger partial charge in [-0.25, -0.2) is 0 Å². The first-order valence-electron chi connectivity index (χ1n) is 13.3. The zero-order valence-corrected chi connectivity index (χ0v) is 23.1. The molecule has 0 saturated heterocycles. The van der Waals surface area contributed by atoms with Crippen molar-refractivity contribution in [3.05, 3.63) is 53.6 Å². The largest absolute Gasteiger partial charge is 0.489 e. The maximum absolute atomic E-state index is 14.4. The second-order valence-electron chi connectivity index (χ2n) is 11.8. The lowest BCUT2D eigenvalue weighted by atomic mass is 9.76. The van der Waals surface area contributed by atoms with Crippen LogP contribution in [0.5, 0.6) is 5.75 Å². The van der Waals surface area contributed by atoms with E-state index in [2.05, 4.69) is 20.4 Å². The lowest BCUT2D eigenvalue weighted by Crippen LogP contribution is -2.55. The average molecular weight is 523 g/mol. The van der Waals surface area contributed by atoms with Gasteiger partial charge in [0.15, 0.2) is 11.9 Å². The van der Waals surface area contributed by atoms with Crippen molar-refractivity contribution in [1.82, 2.24) is 0 Å². The maximum atomic E-state index is 14.4. The van der Waals surface area contributed by atoms with Crippen molar-refractivity contribution >= 4 is 24.0 Å². The molecule has 0 heterocycles. The summed E-state index contributed by atoms with van der Waals surface area (Å²) in [4.78, 5) is 51.1. The highest BCUT2D eigenvalue weighted by Gasteiger charge is 2.65. The van der Waals surface area contributed by atoms with Crippen LogP contribution < -0.4 is 4.74 Å². The van der Waals surface area contributed by atoms with Gasteiger partial charge in [-0.1, -0.05) is 45.6 Å². The lowest BCUT2D eigenvalue weighted by Gasteiger charge is -2.40. The number of para-hydroxylation sites is 1. The summed E-state index contributed by atoms with van der Waals surface area (Å²) in [5.41, 5.74) is -0.0731. The maximum Gasteiger partial charge on any atom is 0.303 e. The number of aldehydes is 1. The van der Waals surface area contributed by atoms with Crippen LogP contribution in [0.1, 0.15) is 71.2 Å². The van der Waals surface area contributed by atoms with Crippen molar-refractivity contribution in [3.8, 4) is 5.75 Å². The molecule has 0 N–H and O–H groups in total. The molecule has 38 heavy (non-hydrogen) atoms. The Morgan fingerprint density at radius 2 is 1.82 bits per heavy atom. The Balaban J connectivity index is 1.91. The van der Waals surface area contributed by atoms with Gasteiger partial charge in [0.05, 0.1) is 11.5 Å². The molecule has 1 aromatic carbocycles. The molecule has 2 fully saturated rings. The summed E-state index contributed by atoms with van der Waals surface area (Å²) in [5.74, 6) is -1.68. The molecule has 204 valence electrons. The van der Waals surface area contributed by atoms with Gasteiger partial charge < -0.3 is 14.2 Å². The number of carbonyl (C=O) groups excluding carboxylic acids is 4. The van der Waals surface area contributed by atoms with Crippen molar-refractivity contribution in [2.75, 3.05) is 0 Å². The molecular weight excluding hydrogens is 484 g/mol. The van der Waals surface area contributed by atoms with Crippen molar-refractivity contribution < 1.29 is 33.4 Å². The highest BCUT2D eigenvalue weighted by molar-refractivity contribution is 6.03. The normalized spacial score (nSPS) is 34.1. The topological polar surface area (TPSA) is 96.0 Å². The van der Waals surface area contributed by atoms with Crippen LogP contribution in [-0.2, 0) is 23.9 Å². The zero-order chi connectivity index (χ0) is 28.0. The Kier molecular flexibility index (Phi) is 7.43. The van der Waals surface area contributed by atoms with Crippen molar-refractivity contribution in [2.24, 2.45) is 29.1 Å². The summed E-state index contributed by atoms with van der Waals surface area (Å²) in [5, 5.41) is 0. The van der Waals surface area contributed by atoms with Gasteiger partial charge in [-0.15, -0.1) is 0 Å². The molecule has 7 atom stereocenters. The number of esters is 2. The Hall–Kier alpha value is -3.22. The van der Waals surface area contributed by atoms with Crippen molar-refractivity contribution in [2.45, 2.75) is 78.6 Å². The molecule has 1 aromatic rings. The van der Waals surface area contributed by atoms with Crippen molar-refractivity contribution in [1.29, 1.82) is 0 Å². The van der Waals surface area contributed by atoms with Gasteiger partial charge in [-0.2, -0.15) is 0 Å². The minimum atomic E-state index is -1.63. The number of hydrogen-bond acceptors (Lipinski definition) is 7. The first-order chi connectivity index (χ1) is 17.8. The minimum Gasteiger partial charge on any atom is -0.489 e. The van der Waals surface area contributed by atoms with Crippen LogP contribution in [0.3, 0.4) is 0 Å². The Bertz CT molecular complexity index is 1190. The number of benzene rings is 1. The smallest absolute Gasteiger partial charge is 0.303 e.